The maximum absolute atomic E-state index is 11.3. The van der Waals surface area contributed by atoms with E-state index in [1.165, 1.54) is 11.8 Å². The summed E-state index contributed by atoms with van der Waals surface area (Å²) in [4.78, 5) is 4.00. The fraction of sp³-hybridized carbons (Fsp3) is 0.379. The van der Waals surface area contributed by atoms with E-state index in [0.717, 1.165) is 33.1 Å². The van der Waals surface area contributed by atoms with Gasteiger partial charge in [-0.05, 0) is 60.0 Å². The molecule has 0 spiro atoms. The molecule has 10 heteroatoms. The van der Waals surface area contributed by atoms with Crippen molar-refractivity contribution in [1.29, 1.82) is 0 Å². The molecule has 1 heterocycles. The maximum atomic E-state index is 11.3. The summed E-state index contributed by atoms with van der Waals surface area (Å²) in [5.74, 6) is 1.50. The zero-order chi connectivity index (χ0) is 27.6. The molecule has 1 fully saturated rings. The smallest absolute Gasteiger partial charge is 0.119 e. The zero-order valence-electron chi connectivity index (χ0n) is 22.2. The number of methoxy groups -OCH3 is 2. The Kier molecular flexibility index (Phi) is 10.5. The van der Waals surface area contributed by atoms with Gasteiger partial charge >= 0.3 is 0 Å². The molecule has 0 bridgehead atoms. The monoisotopic (exact) mass is 551 g/mol. The van der Waals surface area contributed by atoms with Crippen molar-refractivity contribution in [1.82, 2.24) is 0 Å². The van der Waals surface area contributed by atoms with Gasteiger partial charge in [0.15, 0.2) is 0 Å². The average Bonchev–Trinajstić information content (AvgIpc) is 2.96. The quantitative estimate of drug-likeness (QED) is 0.175. The molecule has 1 aliphatic heterocycles. The van der Waals surface area contributed by atoms with Crippen LogP contribution in [0.1, 0.15) is 16.7 Å². The summed E-state index contributed by atoms with van der Waals surface area (Å²) in [6.07, 6.45) is -2.59. The molecular weight excluding hydrogens is 518 g/mol. The molecule has 0 amide bonds. The Hall–Kier alpha value is -3.24. The van der Waals surface area contributed by atoms with E-state index >= 15 is 0 Å². The number of rotatable bonds is 12. The first kappa shape index (κ1) is 28.8. The van der Waals surface area contributed by atoms with Gasteiger partial charge in [-0.1, -0.05) is 58.8 Å². The fourth-order valence-corrected chi connectivity index (χ4v) is 5.30. The van der Waals surface area contributed by atoms with Crippen LogP contribution in [0.3, 0.4) is 0 Å². The number of hydrogen-bond donors (Lipinski definition) is 1. The molecule has 39 heavy (non-hydrogen) atoms. The molecule has 1 aliphatic rings. The second-order valence-electron chi connectivity index (χ2n) is 9.15. The Bertz CT molecular complexity index is 1220. The van der Waals surface area contributed by atoms with Gasteiger partial charge in [0.25, 0.3) is 0 Å². The van der Waals surface area contributed by atoms with Crippen molar-refractivity contribution in [2.24, 2.45) is 5.11 Å². The first-order valence-electron chi connectivity index (χ1n) is 12.6. The largest absolute Gasteiger partial charge is 0.497 e. The van der Waals surface area contributed by atoms with E-state index < -0.39 is 29.8 Å². The first-order valence-corrected chi connectivity index (χ1v) is 13.4. The van der Waals surface area contributed by atoms with Gasteiger partial charge in [-0.3, -0.25) is 0 Å². The number of hydrogen-bond acceptors (Lipinski definition) is 8. The number of ether oxygens (including phenoxy) is 5. The normalized spacial score (nSPS) is 22.6. The van der Waals surface area contributed by atoms with E-state index in [-0.39, 0.29) is 13.2 Å². The van der Waals surface area contributed by atoms with Crippen LogP contribution in [0, 0.1) is 6.92 Å². The number of azide groups is 1. The number of aliphatic hydroxyl groups excluding tert-OH is 1. The van der Waals surface area contributed by atoms with Crippen LogP contribution in [-0.4, -0.2) is 55.7 Å². The molecule has 1 N–H and O–H groups in total. The minimum atomic E-state index is -1.08. The topological polar surface area (TPSA) is 115 Å². The van der Waals surface area contributed by atoms with Crippen LogP contribution >= 0.6 is 11.8 Å². The zero-order valence-corrected chi connectivity index (χ0v) is 23.0. The van der Waals surface area contributed by atoms with Crippen LogP contribution < -0.4 is 9.47 Å². The second kappa shape index (κ2) is 14.2. The average molecular weight is 552 g/mol. The second-order valence-corrected chi connectivity index (χ2v) is 10.3. The van der Waals surface area contributed by atoms with E-state index in [1.807, 2.05) is 79.7 Å². The highest BCUT2D eigenvalue weighted by molar-refractivity contribution is 7.99. The molecule has 0 radical (unpaired) electrons. The molecule has 0 unspecified atom stereocenters. The molecule has 1 saturated heterocycles. The number of aliphatic hydroxyl groups is 1. The van der Waals surface area contributed by atoms with E-state index in [1.54, 1.807) is 14.2 Å². The van der Waals surface area contributed by atoms with Gasteiger partial charge in [-0.2, -0.15) is 0 Å². The standard InChI is InChI=1S/C29H33N3O6S/c1-19-4-14-24(15-5-19)39-29-26(31-32-30)28(37-17-21-8-12-23(35-3)13-9-21)27(33)25(38-29)18-36-16-20-6-10-22(34-2)11-7-20/h4-15,25-29,33H,16-18H2,1-3H3/t25-,26-,27-,28-,29+/m1/s1. The minimum Gasteiger partial charge on any atom is -0.497 e. The van der Waals surface area contributed by atoms with Crippen molar-refractivity contribution in [2.45, 2.75) is 54.8 Å². The van der Waals surface area contributed by atoms with Crippen molar-refractivity contribution in [3.05, 3.63) is 99.9 Å². The van der Waals surface area contributed by atoms with Crippen molar-refractivity contribution in [3.63, 3.8) is 0 Å². The Balaban J connectivity index is 1.50. The Morgan fingerprint density at radius 1 is 0.897 bits per heavy atom. The van der Waals surface area contributed by atoms with Crippen LogP contribution in [0.25, 0.3) is 10.4 Å². The lowest BCUT2D eigenvalue weighted by Gasteiger charge is -2.42. The summed E-state index contributed by atoms with van der Waals surface area (Å²) >= 11 is 1.43. The molecule has 3 aromatic rings. The third kappa shape index (κ3) is 7.89. The minimum absolute atomic E-state index is 0.129. The van der Waals surface area contributed by atoms with E-state index in [9.17, 15) is 10.6 Å². The highest BCUT2D eigenvalue weighted by Gasteiger charge is 2.46. The Morgan fingerprint density at radius 2 is 1.49 bits per heavy atom. The molecule has 5 atom stereocenters. The van der Waals surface area contributed by atoms with Crippen molar-refractivity contribution >= 4 is 11.8 Å². The number of nitrogens with zero attached hydrogens (tertiary/aromatic N) is 3. The van der Waals surface area contributed by atoms with Crippen LogP contribution in [-0.2, 0) is 27.4 Å². The summed E-state index contributed by atoms with van der Waals surface area (Å²) in [5, 5.41) is 15.3. The van der Waals surface area contributed by atoms with Gasteiger partial charge < -0.3 is 28.8 Å². The van der Waals surface area contributed by atoms with Crippen molar-refractivity contribution < 1.29 is 28.8 Å². The van der Waals surface area contributed by atoms with Gasteiger partial charge in [0.05, 0.1) is 40.1 Å². The number of thioether (sulfide) groups is 1. The summed E-state index contributed by atoms with van der Waals surface area (Å²) in [6.45, 7) is 2.70. The number of aryl methyl sites for hydroxylation is 1. The van der Waals surface area contributed by atoms with Crippen LogP contribution in [0.2, 0.25) is 0 Å². The van der Waals surface area contributed by atoms with Crippen LogP contribution in [0.4, 0.5) is 0 Å². The fourth-order valence-electron chi connectivity index (χ4n) is 4.19. The number of benzene rings is 3. The van der Waals surface area contributed by atoms with Crippen molar-refractivity contribution in [2.75, 3.05) is 20.8 Å². The molecule has 0 saturated carbocycles. The summed E-state index contributed by atoms with van der Waals surface area (Å²) in [7, 11) is 3.23. The molecule has 9 nitrogen and oxygen atoms in total. The summed E-state index contributed by atoms with van der Waals surface area (Å²) in [6, 6.07) is 22.3. The summed E-state index contributed by atoms with van der Waals surface area (Å²) in [5.41, 5.74) is 11.8. The lowest BCUT2D eigenvalue weighted by Crippen LogP contribution is -2.57. The van der Waals surface area contributed by atoms with Crippen LogP contribution in [0.15, 0.2) is 82.8 Å². The highest BCUT2D eigenvalue weighted by Crippen LogP contribution is 2.37. The SMILES string of the molecule is COc1ccc(COC[C@H]2O[C@@H](Sc3ccc(C)cc3)[C@H](N=[N+]=[N-])[C@@H](OCc3ccc(OC)cc3)[C@@H]2O)cc1. The van der Waals surface area contributed by atoms with Gasteiger partial charge in [-0.25, -0.2) is 0 Å². The van der Waals surface area contributed by atoms with Gasteiger partial charge in [0, 0.05) is 9.81 Å². The molecule has 4 rings (SSSR count). The predicted octanol–water partition coefficient (Wildman–Crippen LogP) is 5.67. The van der Waals surface area contributed by atoms with E-state index in [2.05, 4.69) is 10.0 Å². The summed E-state index contributed by atoms with van der Waals surface area (Å²) < 4.78 is 28.9. The van der Waals surface area contributed by atoms with E-state index in [0.29, 0.717) is 6.61 Å². The highest BCUT2D eigenvalue weighted by atomic mass is 32.2. The third-order valence-electron chi connectivity index (χ3n) is 6.41. The van der Waals surface area contributed by atoms with Gasteiger partial charge in [0.1, 0.15) is 35.2 Å². The van der Waals surface area contributed by atoms with Crippen LogP contribution in [0.5, 0.6) is 11.5 Å². The Morgan fingerprint density at radius 3 is 2.05 bits per heavy atom. The third-order valence-corrected chi connectivity index (χ3v) is 7.58. The lowest BCUT2D eigenvalue weighted by atomic mass is 9.98. The molecular formula is C29H33N3O6S. The molecule has 0 aromatic heterocycles. The van der Waals surface area contributed by atoms with E-state index in [4.69, 9.17) is 23.7 Å². The first-order chi connectivity index (χ1) is 19.0. The maximum Gasteiger partial charge on any atom is 0.119 e. The molecule has 3 aromatic carbocycles. The lowest BCUT2D eigenvalue weighted by molar-refractivity contribution is -0.190. The molecule has 206 valence electrons. The van der Waals surface area contributed by atoms with Crippen molar-refractivity contribution in [3.8, 4) is 11.5 Å². The molecule has 0 aliphatic carbocycles. The van der Waals surface area contributed by atoms with Gasteiger partial charge in [0.2, 0.25) is 0 Å². The Labute approximate surface area is 232 Å². The van der Waals surface area contributed by atoms with Gasteiger partial charge in [-0.15, -0.1) is 0 Å². The predicted molar refractivity (Wildman–Crippen MR) is 149 cm³/mol.